The number of hydrogen-bond acceptors (Lipinski definition) is 5. The zero-order valence-electron chi connectivity index (χ0n) is 13.2. The Hall–Kier alpha value is -2.01. The van der Waals surface area contributed by atoms with Crippen molar-refractivity contribution in [3.8, 4) is 0 Å². The number of nitrogens with zero attached hydrogens (tertiary/aromatic N) is 4. The summed E-state index contributed by atoms with van der Waals surface area (Å²) in [5.74, 6) is 0.847. The standard InChI is InChI=1S/C16H23N5/c1-16(2,3)20-10-14-9-19-15(11-18-14)21(4)12-13-7-5-6-8-17-13/h5-9,11,20H,10,12H2,1-4H3. The molecule has 0 aliphatic carbocycles. The summed E-state index contributed by atoms with van der Waals surface area (Å²) in [6, 6.07) is 5.91. The van der Waals surface area contributed by atoms with E-state index in [2.05, 4.69) is 41.0 Å². The van der Waals surface area contributed by atoms with Crippen LogP contribution in [0.25, 0.3) is 0 Å². The van der Waals surface area contributed by atoms with Crippen LogP contribution in [-0.2, 0) is 13.1 Å². The molecular weight excluding hydrogens is 262 g/mol. The van der Waals surface area contributed by atoms with Crippen LogP contribution in [0.2, 0.25) is 0 Å². The normalized spacial score (nSPS) is 11.4. The molecule has 0 radical (unpaired) electrons. The Kier molecular flexibility index (Phi) is 4.85. The van der Waals surface area contributed by atoms with Gasteiger partial charge in [-0.05, 0) is 32.9 Å². The SMILES string of the molecule is CN(Cc1ccccn1)c1cnc(CNC(C)(C)C)cn1. The van der Waals surface area contributed by atoms with Gasteiger partial charge in [0.05, 0.1) is 30.3 Å². The van der Waals surface area contributed by atoms with E-state index in [9.17, 15) is 0 Å². The van der Waals surface area contributed by atoms with Crippen LogP contribution in [0.3, 0.4) is 0 Å². The molecule has 0 atom stereocenters. The van der Waals surface area contributed by atoms with E-state index in [4.69, 9.17) is 0 Å². The predicted molar refractivity (Wildman–Crippen MR) is 85.0 cm³/mol. The van der Waals surface area contributed by atoms with Gasteiger partial charge >= 0.3 is 0 Å². The molecule has 0 fully saturated rings. The lowest BCUT2D eigenvalue weighted by Crippen LogP contribution is -2.35. The Bertz CT molecular complexity index is 545. The van der Waals surface area contributed by atoms with Crippen LogP contribution < -0.4 is 10.2 Å². The van der Waals surface area contributed by atoms with E-state index in [-0.39, 0.29) is 5.54 Å². The highest BCUT2D eigenvalue weighted by atomic mass is 15.2. The van der Waals surface area contributed by atoms with Crippen molar-refractivity contribution in [3.05, 3.63) is 48.2 Å². The fourth-order valence-electron chi connectivity index (χ4n) is 1.81. The van der Waals surface area contributed by atoms with Crippen molar-refractivity contribution in [1.82, 2.24) is 20.3 Å². The fraction of sp³-hybridized carbons (Fsp3) is 0.438. The van der Waals surface area contributed by atoms with Gasteiger partial charge in [0.15, 0.2) is 0 Å². The van der Waals surface area contributed by atoms with E-state index >= 15 is 0 Å². The summed E-state index contributed by atoms with van der Waals surface area (Å²) < 4.78 is 0. The Morgan fingerprint density at radius 3 is 2.43 bits per heavy atom. The molecule has 5 heteroatoms. The van der Waals surface area contributed by atoms with Gasteiger partial charge in [0, 0.05) is 25.3 Å². The molecule has 2 rings (SSSR count). The highest BCUT2D eigenvalue weighted by Crippen LogP contribution is 2.10. The second-order valence-corrected chi connectivity index (χ2v) is 6.15. The van der Waals surface area contributed by atoms with Crippen molar-refractivity contribution >= 4 is 5.82 Å². The molecule has 0 unspecified atom stereocenters. The van der Waals surface area contributed by atoms with Gasteiger partial charge in [-0.3, -0.25) is 9.97 Å². The number of aromatic nitrogens is 3. The van der Waals surface area contributed by atoms with Crippen molar-refractivity contribution < 1.29 is 0 Å². The molecule has 112 valence electrons. The quantitative estimate of drug-likeness (QED) is 0.914. The number of anilines is 1. The molecule has 0 aliphatic rings. The first-order valence-electron chi connectivity index (χ1n) is 7.11. The largest absolute Gasteiger partial charge is 0.353 e. The number of nitrogens with one attached hydrogen (secondary N) is 1. The first kappa shape index (κ1) is 15.4. The number of pyridine rings is 1. The smallest absolute Gasteiger partial charge is 0.147 e. The molecule has 0 spiro atoms. The van der Waals surface area contributed by atoms with Gasteiger partial charge in [0.2, 0.25) is 0 Å². The molecule has 2 aromatic rings. The summed E-state index contributed by atoms with van der Waals surface area (Å²) in [6.45, 7) is 7.84. The van der Waals surface area contributed by atoms with Crippen LogP contribution in [0.15, 0.2) is 36.8 Å². The van der Waals surface area contributed by atoms with Crippen molar-refractivity contribution in [2.75, 3.05) is 11.9 Å². The second-order valence-electron chi connectivity index (χ2n) is 6.15. The molecule has 0 amide bonds. The van der Waals surface area contributed by atoms with E-state index in [1.165, 1.54) is 0 Å². The fourth-order valence-corrected chi connectivity index (χ4v) is 1.81. The molecule has 0 saturated carbocycles. The van der Waals surface area contributed by atoms with Crippen LogP contribution in [0.4, 0.5) is 5.82 Å². The first-order chi connectivity index (χ1) is 9.94. The third-order valence-electron chi connectivity index (χ3n) is 3.01. The van der Waals surface area contributed by atoms with Gasteiger partial charge in [-0.25, -0.2) is 4.98 Å². The molecule has 0 bridgehead atoms. The maximum Gasteiger partial charge on any atom is 0.147 e. The Morgan fingerprint density at radius 1 is 1.05 bits per heavy atom. The lowest BCUT2D eigenvalue weighted by Gasteiger charge is -2.20. The highest BCUT2D eigenvalue weighted by Gasteiger charge is 2.10. The first-order valence-corrected chi connectivity index (χ1v) is 7.11. The molecular formula is C16H23N5. The zero-order chi connectivity index (χ0) is 15.3. The zero-order valence-corrected chi connectivity index (χ0v) is 13.2. The van der Waals surface area contributed by atoms with Crippen molar-refractivity contribution in [1.29, 1.82) is 0 Å². The minimum Gasteiger partial charge on any atom is -0.353 e. The molecule has 0 saturated heterocycles. The van der Waals surface area contributed by atoms with E-state index in [0.717, 1.165) is 30.3 Å². The third-order valence-corrected chi connectivity index (χ3v) is 3.01. The van der Waals surface area contributed by atoms with E-state index in [1.54, 1.807) is 6.20 Å². The summed E-state index contributed by atoms with van der Waals surface area (Å²) in [5, 5.41) is 3.40. The molecule has 0 aliphatic heterocycles. The molecule has 2 aromatic heterocycles. The van der Waals surface area contributed by atoms with E-state index < -0.39 is 0 Å². The number of hydrogen-bond donors (Lipinski definition) is 1. The molecule has 2 heterocycles. The molecule has 21 heavy (non-hydrogen) atoms. The van der Waals surface area contributed by atoms with Gasteiger partial charge in [0.25, 0.3) is 0 Å². The Balaban J connectivity index is 1.95. The lowest BCUT2D eigenvalue weighted by atomic mass is 10.1. The van der Waals surface area contributed by atoms with Crippen LogP contribution in [0.1, 0.15) is 32.2 Å². The Morgan fingerprint density at radius 2 is 1.86 bits per heavy atom. The van der Waals surface area contributed by atoms with Crippen molar-refractivity contribution in [2.45, 2.75) is 39.4 Å². The van der Waals surface area contributed by atoms with Crippen molar-refractivity contribution in [2.24, 2.45) is 0 Å². The summed E-state index contributed by atoms with van der Waals surface area (Å²) in [6.07, 6.45) is 5.43. The summed E-state index contributed by atoms with van der Waals surface area (Å²) in [7, 11) is 1.99. The maximum atomic E-state index is 4.47. The van der Waals surface area contributed by atoms with Gasteiger partial charge in [-0.15, -0.1) is 0 Å². The van der Waals surface area contributed by atoms with Gasteiger partial charge in [-0.1, -0.05) is 6.07 Å². The minimum atomic E-state index is 0.0795. The number of rotatable bonds is 5. The summed E-state index contributed by atoms with van der Waals surface area (Å²) in [4.78, 5) is 15.3. The second kappa shape index (κ2) is 6.63. The van der Waals surface area contributed by atoms with Gasteiger partial charge < -0.3 is 10.2 Å². The van der Waals surface area contributed by atoms with Crippen LogP contribution in [-0.4, -0.2) is 27.5 Å². The van der Waals surface area contributed by atoms with Crippen LogP contribution in [0, 0.1) is 0 Å². The van der Waals surface area contributed by atoms with E-state index in [0.29, 0.717) is 0 Å². The average molecular weight is 285 g/mol. The topological polar surface area (TPSA) is 53.9 Å². The van der Waals surface area contributed by atoms with Crippen LogP contribution >= 0.6 is 0 Å². The average Bonchev–Trinajstić information content (AvgIpc) is 2.46. The molecule has 0 aromatic carbocycles. The monoisotopic (exact) mass is 285 g/mol. The maximum absolute atomic E-state index is 4.47. The van der Waals surface area contributed by atoms with Crippen molar-refractivity contribution in [3.63, 3.8) is 0 Å². The van der Waals surface area contributed by atoms with Gasteiger partial charge in [-0.2, -0.15) is 0 Å². The predicted octanol–water partition coefficient (Wildman–Crippen LogP) is 2.40. The highest BCUT2D eigenvalue weighted by molar-refractivity contribution is 5.35. The molecule has 1 N–H and O–H groups in total. The van der Waals surface area contributed by atoms with Crippen LogP contribution in [0.5, 0.6) is 0 Å². The lowest BCUT2D eigenvalue weighted by molar-refractivity contribution is 0.421. The Labute approximate surface area is 126 Å². The third kappa shape index (κ3) is 5.11. The minimum absolute atomic E-state index is 0.0795. The summed E-state index contributed by atoms with van der Waals surface area (Å²) >= 11 is 0. The summed E-state index contributed by atoms with van der Waals surface area (Å²) in [5.41, 5.74) is 2.04. The van der Waals surface area contributed by atoms with Gasteiger partial charge in [0.1, 0.15) is 5.82 Å². The van der Waals surface area contributed by atoms with E-state index in [1.807, 2.05) is 42.5 Å². The molecule has 5 nitrogen and oxygen atoms in total.